The van der Waals surface area contributed by atoms with Crippen molar-refractivity contribution in [2.75, 3.05) is 0 Å². The number of rotatable bonds is 2. The lowest BCUT2D eigenvalue weighted by Crippen LogP contribution is -1.84. The molecule has 0 saturated heterocycles. The van der Waals surface area contributed by atoms with Crippen molar-refractivity contribution in [3.05, 3.63) is 40.5 Å². The zero-order chi connectivity index (χ0) is 11.8. The van der Waals surface area contributed by atoms with E-state index in [1.54, 1.807) is 0 Å². The van der Waals surface area contributed by atoms with Gasteiger partial charge in [0.05, 0.1) is 11.1 Å². The van der Waals surface area contributed by atoms with Crippen LogP contribution in [0.3, 0.4) is 0 Å². The fourth-order valence-corrected chi connectivity index (χ4v) is 2.59. The molecule has 0 aliphatic heterocycles. The summed E-state index contributed by atoms with van der Waals surface area (Å²) in [5.74, 6) is 0. The standard InChI is InChI=1S/C14H12BrNO/c1-2-3-12-14-11-6-5-10(15)8-9(11)4-7-13(14)17-16-12/h4-8H,2-3H2,1H3. The minimum atomic E-state index is 0.878. The van der Waals surface area contributed by atoms with Gasteiger partial charge in [-0.3, -0.25) is 0 Å². The molecular weight excluding hydrogens is 278 g/mol. The van der Waals surface area contributed by atoms with Crippen LogP contribution in [0.4, 0.5) is 0 Å². The van der Waals surface area contributed by atoms with Crippen LogP contribution >= 0.6 is 15.9 Å². The quantitative estimate of drug-likeness (QED) is 0.684. The van der Waals surface area contributed by atoms with Crippen molar-refractivity contribution in [1.82, 2.24) is 5.16 Å². The largest absolute Gasteiger partial charge is 0.356 e. The van der Waals surface area contributed by atoms with Crippen molar-refractivity contribution in [2.45, 2.75) is 19.8 Å². The molecule has 0 aliphatic carbocycles. The predicted octanol–water partition coefficient (Wildman–Crippen LogP) is 4.70. The first kappa shape index (κ1) is 10.8. The number of hydrogen-bond acceptors (Lipinski definition) is 2. The maximum absolute atomic E-state index is 5.38. The van der Waals surface area contributed by atoms with Crippen molar-refractivity contribution in [3.8, 4) is 0 Å². The number of aryl methyl sites for hydroxylation is 1. The summed E-state index contributed by atoms with van der Waals surface area (Å²) in [6.45, 7) is 2.15. The molecule has 0 bridgehead atoms. The molecule has 0 spiro atoms. The average Bonchev–Trinajstić information content (AvgIpc) is 2.73. The number of halogens is 1. The highest BCUT2D eigenvalue weighted by Crippen LogP contribution is 2.30. The Kier molecular flexibility index (Phi) is 2.63. The van der Waals surface area contributed by atoms with Crippen LogP contribution in [0.5, 0.6) is 0 Å². The second-order valence-corrected chi connectivity index (χ2v) is 5.10. The van der Waals surface area contributed by atoms with E-state index in [1.807, 2.05) is 6.07 Å². The van der Waals surface area contributed by atoms with Crippen molar-refractivity contribution in [3.63, 3.8) is 0 Å². The Hall–Kier alpha value is -1.35. The maximum Gasteiger partial charge on any atom is 0.167 e. The van der Waals surface area contributed by atoms with E-state index in [-0.39, 0.29) is 0 Å². The Labute approximate surface area is 108 Å². The molecule has 3 aromatic rings. The first-order valence-corrected chi connectivity index (χ1v) is 6.55. The molecule has 0 saturated carbocycles. The molecule has 0 atom stereocenters. The van der Waals surface area contributed by atoms with E-state index in [0.29, 0.717) is 0 Å². The summed E-state index contributed by atoms with van der Waals surface area (Å²) in [6, 6.07) is 10.4. The van der Waals surface area contributed by atoms with Gasteiger partial charge in [0.1, 0.15) is 0 Å². The molecule has 3 heteroatoms. The van der Waals surface area contributed by atoms with E-state index < -0.39 is 0 Å². The minimum absolute atomic E-state index is 0.878. The van der Waals surface area contributed by atoms with Crippen LogP contribution in [0.2, 0.25) is 0 Å². The van der Waals surface area contributed by atoms with E-state index in [1.165, 1.54) is 10.8 Å². The van der Waals surface area contributed by atoms with E-state index >= 15 is 0 Å². The molecule has 0 radical (unpaired) electrons. The van der Waals surface area contributed by atoms with Gasteiger partial charge in [0.15, 0.2) is 5.58 Å². The average molecular weight is 290 g/mol. The van der Waals surface area contributed by atoms with Crippen LogP contribution in [0.1, 0.15) is 19.0 Å². The molecule has 1 heterocycles. The van der Waals surface area contributed by atoms with Gasteiger partial charge in [-0.2, -0.15) is 0 Å². The highest BCUT2D eigenvalue weighted by molar-refractivity contribution is 9.10. The molecule has 0 aliphatic rings. The van der Waals surface area contributed by atoms with Crippen LogP contribution < -0.4 is 0 Å². The van der Waals surface area contributed by atoms with Gasteiger partial charge >= 0.3 is 0 Å². The summed E-state index contributed by atoms with van der Waals surface area (Å²) in [5.41, 5.74) is 1.94. The molecule has 0 fully saturated rings. The molecule has 2 aromatic carbocycles. The minimum Gasteiger partial charge on any atom is -0.356 e. The van der Waals surface area contributed by atoms with E-state index in [4.69, 9.17) is 4.52 Å². The maximum atomic E-state index is 5.38. The third-order valence-electron chi connectivity index (χ3n) is 2.97. The second kappa shape index (κ2) is 4.15. The molecule has 17 heavy (non-hydrogen) atoms. The molecule has 1 aromatic heterocycles. The summed E-state index contributed by atoms with van der Waals surface area (Å²) in [6.07, 6.45) is 2.04. The topological polar surface area (TPSA) is 26.0 Å². The van der Waals surface area contributed by atoms with E-state index in [2.05, 4.69) is 52.3 Å². The first-order valence-electron chi connectivity index (χ1n) is 5.76. The van der Waals surface area contributed by atoms with Crippen molar-refractivity contribution >= 4 is 37.7 Å². The Bertz CT molecular complexity index is 687. The van der Waals surface area contributed by atoms with E-state index in [0.717, 1.165) is 34.0 Å². The first-order chi connectivity index (χ1) is 8.29. The number of nitrogens with zero attached hydrogens (tertiary/aromatic N) is 1. The zero-order valence-corrected chi connectivity index (χ0v) is 11.1. The molecule has 3 rings (SSSR count). The predicted molar refractivity (Wildman–Crippen MR) is 73.2 cm³/mol. The van der Waals surface area contributed by atoms with E-state index in [9.17, 15) is 0 Å². The molecule has 2 nitrogen and oxygen atoms in total. The van der Waals surface area contributed by atoms with Crippen LogP contribution in [0.15, 0.2) is 39.3 Å². The molecule has 86 valence electrons. The van der Waals surface area contributed by atoms with Crippen LogP contribution in [-0.4, -0.2) is 5.16 Å². The van der Waals surface area contributed by atoms with Crippen molar-refractivity contribution in [1.29, 1.82) is 0 Å². The normalized spacial score (nSPS) is 11.4. The summed E-state index contributed by atoms with van der Waals surface area (Å²) < 4.78 is 6.47. The van der Waals surface area contributed by atoms with Gasteiger partial charge in [0.2, 0.25) is 0 Å². The Morgan fingerprint density at radius 2 is 2.12 bits per heavy atom. The Balaban J connectivity index is 2.40. The Morgan fingerprint density at radius 1 is 1.24 bits per heavy atom. The lowest BCUT2D eigenvalue weighted by Gasteiger charge is -2.00. The molecule has 0 N–H and O–H groups in total. The Morgan fingerprint density at radius 3 is 2.94 bits per heavy atom. The number of hydrogen-bond donors (Lipinski definition) is 0. The monoisotopic (exact) mass is 289 g/mol. The van der Waals surface area contributed by atoms with Gasteiger partial charge in [0, 0.05) is 4.47 Å². The SMILES string of the molecule is CCCc1noc2ccc3cc(Br)ccc3c12. The summed E-state index contributed by atoms with van der Waals surface area (Å²) in [5, 5.41) is 7.77. The van der Waals surface area contributed by atoms with Gasteiger partial charge in [0.25, 0.3) is 0 Å². The third kappa shape index (κ3) is 1.75. The zero-order valence-electron chi connectivity index (χ0n) is 9.53. The van der Waals surface area contributed by atoms with Crippen LogP contribution in [-0.2, 0) is 6.42 Å². The van der Waals surface area contributed by atoms with Crippen LogP contribution in [0.25, 0.3) is 21.7 Å². The summed E-state index contributed by atoms with van der Waals surface area (Å²) in [4.78, 5) is 0. The summed E-state index contributed by atoms with van der Waals surface area (Å²) >= 11 is 3.50. The van der Waals surface area contributed by atoms with Gasteiger partial charge in [-0.25, -0.2) is 0 Å². The van der Waals surface area contributed by atoms with Gasteiger partial charge < -0.3 is 4.52 Å². The smallest absolute Gasteiger partial charge is 0.167 e. The highest BCUT2D eigenvalue weighted by atomic mass is 79.9. The second-order valence-electron chi connectivity index (χ2n) is 4.18. The third-order valence-corrected chi connectivity index (χ3v) is 3.47. The van der Waals surface area contributed by atoms with Crippen molar-refractivity contribution in [2.24, 2.45) is 0 Å². The van der Waals surface area contributed by atoms with Gasteiger partial charge in [-0.15, -0.1) is 0 Å². The molecule has 0 unspecified atom stereocenters. The fourth-order valence-electron chi connectivity index (χ4n) is 2.21. The molecule has 0 amide bonds. The number of benzene rings is 2. The van der Waals surface area contributed by atoms with Gasteiger partial charge in [-0.1, -0.05) is 46.6 Å². The summed E-state index contributed by atoms with van der Waals surface area (Å²) in [7, 11) is 0. The molecular formula is C14H12BrNO. The lowest BCUT2D eigenvalue weighted by molar-refractivity contribution is 0.445. The van der Waals surface area contributed by atoms with Gasteiger partial charge in [-0.05, 0) is 35.4 Å². The fraction of sp³-hybridized carbons (Fsp3) is 0.214. The lowest BCUT2D eigenvalue weighted by atomic mass is 10.0. The van der Waals surface area contributed by atoms with Crippen LogP contribution in [0, 0.1) is 0 Å². The number of fused-ring (bicyclic) bond motifs is 3. The highest BCUT2D eigenvalue weighted by Gasteiger charge is 2.10. The number of aromatic nitrogens is 1. The van der Waals surface area contributed by atoms with Crippen molar-refractivity contribution < 1.29 is 4.52 Å².